The van der Waals surface area contributed by atoms with Gasteiger partial charge in [-0.3, -0.25) is 9.59 Å². The molecule has 3 aromatic rings. The van der Waals surface area contributed by atoms with Gasteiger partial charge in [-0.05, 0) is 68.1 Å². The van der Waals surface area contributed by atoms with Crippen molar-refractivity contribution < 1.29 is 14.3 Å². The van der Waals surface area contributed by atoms with E-state index in [-0.39, 0.29) is 17.9 Å². The first kappa shape index (κ1) is 23.1. The van der Waals surface area contributed by atoms with Crippen LogP contribution in [-0.4, -0.2) is 17.9 Å². The van der Waals surface area contributed by atoms with Crippen LogP contribution in [0.15, 0.2) is 72.8 Å². The smallest absolute Gasteiger partial charge is 0.265 e. The second-order valence-electron chi connectivity index (χ2n) is 7.90. The highest BCUT2D eigenvalue weighted by molar-refractivity contribution is 6.04. The first-order chi connectivity index (χ1) is 15.4. The molecule has 166 valence electrons. The molecule has 2 atom stereocenters. The van der Waals surface area contributed by atoms with Crippen LogP contribution in [0, 0.1) is 13.8 Å². The quantitative estimate of drug-likeness (QED) is 0.489. The minimum absolute atomic E-state index is 0.163. The Hall–Kier alpha value is -3.60. The normalized spacial score (nSPS) is 12.5. The summed E-state index contributed by atoms with van der Waals surface area (Å²) in [6.45, 7) is 7.86. The van der Waals surface area contributed by atoms with Crippen molar-refractivity contribution in [1.82, 2.24) is 5.32 Å². The van der Waals surface area contributed by atoms with E-state index in [1.165, 1.54) is 5.56 Å². The lowest BCUT2D eigenvalue weighted by Gasteiger charge is -2.20. The molecule has 0 aliphatic heterocycles. The number of nitrogens with one attached hydrogen (secondary N) is 2. The van der Waals surface area contributed by atoms with Crippen molar-refractivity contribution in [3.63, 3.8) is 0 Å². The molecule has 2 amide bonds. The summed E-state index contributed by atoms with van der Waals surface area (Å²) in [5.41, 5.74) is 4.14. The molecule has 5 nitrogen and oxygen atoms in total. The predicted octanol–water partition coefficient (Wildman–Crippen LogP) is 5.59. The first-order valence-electron chi connectivity index (χ1n) is 10.9. The highest BCUT2D eigenvalue weighted by Crippen LogP contribution is 2.21. The van der Waals surface area contributed by atoms with Crippen LogP contribution in [0.25, 0.3) is 0 Å². The van der Waals surface area contributed by atoms with E-state index in [9.17, 15) is 9.59 Å². The maximum Gasteiger partial charge on any atom is 0.265 e. The topological polar surface area (TPSA) is 67.4 Å². The van der Waals surface area contributed by atoms with E-state index in [0.29, 0.717) is 23.4 Å². The number of para-hydroxylation sites is 1. The van der Waals surface area contributed by atoms with E-state index < -0.39 is 6.10 Å². The maximum atomic E-state index is 13.0. The Kier molecular flexibility index (Phi) is 7.66. The van der Waals surface area contributed by atoms with Crippen molar-refractivity contribution in [3.8, 4) is 5.75 Å². The molecular weight excluding hydrogens is 400 g/mol. The molecule has 0 radical (unpaired) electrons. The third kappa shape index (κ3) is 5.76. The number of hydrogen-bond acceptors (Lipinski definition) is 3. The molecule has 2 unspecified atom stereocenters. The summed E-state index contributed by atoms with van der Waals surface area (Å²) >= 11 is 0. The molecule has 5 heteroatoms. The van der Waals surface area contributed by atoms with Crippen molar-refractivity contribution in [3.05, 3.63) is 95.1 Å². The fourth-order valence-corrected chi connectivity index (χ4v) is 3.38. The molecule has 0 fully saturated rings. The summed E-state index contributed by atoms with van der Waals surface area (Å²) in [7, 11) is 0. The molecule has 0 aliphatic carbocycles. The van der Waals surface area contributed by atoms with Crippen molar-refractivity contribution >= 4 is 17.5 Å². The number of aryl methyl sites for hydroxylation is 2. The van der Waals surface area contributed by atoms with Gasteiger partial charge in [0.2, 0.25) is 0 Å². The summed E-state index contributed by atoms with van der Waals surface area (Å²) < 4.78 is 5.94. The summed E-state index contributed by atoms with van der Waals surface area (Å²) in [5.74, 6) is 0.111. The van der Waals surface area contributed by atoms with Crippen LogP contribution < -0.4 is 15.4 Å². The zero-order chi connectivity index (χ0) is 23.1. The van der Waals surface area contributed by atoms with Crippen molar-refractivity contribution in [2.45, 2.75) is 46.3 Å². The van der Waals surface area contributed by atoms with E-state index in [0.717, 1.165) is 11.1 Å². The SMILES string of the molecule is CCC(Oc1ccc(C)c(C)c1)C(=O)Nc1ccccc1C(=O)NC(C)c1ccccc1. The van der Waals surface area contributed by atoms with Gasteiger partial charge in [0.25, 0.3) is 11.8 Å². The molecule has 2 N–H and O–H groups in total. The van der Waals surface area contributed by atoms with Gasteiger partial charge in [0.1, 0.15) is 5.75 Å². The minimum Gasteiger partial charge on any atom is -0.481 e. The number of anilines is 1. The van der Waals surface area contributed by atoms with Crippen LogP contribution >= 0.6 is 0 Å². The first-order valence-corrected chi connectivity index (χ1v) is 10.9. The molecular formula is C27H30N2O3. The van der Waals surface area contributed by atoms with Gasteiger partial charge < -0.3 is 15.4 Å². The predicted molar refractivity (Wildman–Crippen MR) is 128 cm³/mol. The van der Waals surface area contributed by atoms with Gasteiger partial charge in [0.05, 0.1) is 17.3 Å². The molecule has 3 rings (SSSR count). The molecule has 0 saturated heterocycles. The summed E-state index contributed by atoms with van der Waals surface area (Å²) in [5, 5.41) is 5.88. The lowest BCUT2D eigenvalue weighted by atomic mass is 10.1. The number of benzene rings is 3. The Bertz CT molecular complexity index is 1080. The third-order valence-electron chi connectivity index (χ3n) is 5.50. The van der Waals surface area contributed by atoms with Crippen LogP contribution in [0.5, 0.6) is 5.75 Å². The monoisotopic (exact) mass is 430 g/mol. The number of rotatable bonds is 8. The van der Waals surface area contributed by atoms with Gasteiger partial charge in [-0.1, -0.05) is 55.5 Å². The number of amides is 2. The zero-order valence-corrected chi connectivity index (χ0v) is 19.0. The third-order valence-corrected chi connectivity index (χ3v) is 5.50. The lowest BCUT2D eigenvalue weighted by molar-refractivity contribution is -0.122. The van der Waals surface area contributed by atoms with E-state index >= 15 is 0 Å². The second kappa shape index (κ2) is 10.6. The highest BCUT2D eigenvalue weighted by atomic mass is 16.5. The van der Waals surface area contributed by atoms with Gasteiger partial charge in [0.15, 0.2) is 6.10 Å². The van der Waals surface area contributed by atoms with Crippen molar-refractivity contribution in [2.75, 3.05) is 5.32 Å². The molecule has 0 heterocycles. The van der Waals surface area contributed by atoms with Gasteiger partial charge in [-0.25, -0.2) is 0 Å². The summed E-state index contributed by atoms with van der Waals surface area (Å²) in [6, 6.07) is 22.3. The van der Waals surface area contributed by atoms with Crippen LogP contribution in [-0.2, 0) is 4.79 Å². The summed E-state index contributed by atoms with van der Waals surface area (Å²) in [6.07, 6.45) is -0.172. The molecule has 3 aromatic carbocycles. The van der Waals surface area contributed by atoms with Crippen LogP contribution in [0.4, 0.5) is 5.69 Å². The number of carbonyl (C=O) groups excluding carboxylic acids is 2. The number of carbonyl (C=O) groups is 2. The molecule has 0 bridgehead atoms. The summed E-state index contributed by atoms with van der Waals surface area (Å²) in [4.78, 5) is 25.9. The van der Waals surface area contributed by atoms with Gasteiger partial charge in [-0.2, -0.15) is 0 Å². The number of ether oxygens (including phenoxy) is 1. The molecule has 0 spiro atoms. The Morgan fingerprint density at radius 1 is 0.906 bits per heavy atom. The largest absolute Gasteiger partial charge is 0.481 e. The standard InChI is InChI=1S/C27H30N2O3/c1-5-25(32-22-16-15-18(2)19(3)17-22)27(31)29-24-14-10-9-13-23(24)26(30)28-20(4)21-11-7-6-8-12-21/h6-17,20,25H,5H2,1-4H3,(H,28,30)(H,29,31). The molecule has 0 saturated carbocycles. The van der Waals surface area contributed by atoms with Gasteiger partial charge in [0, 0.05) is 0 Å². The number of hydrogen-bond donors (Lipinski definition) is 2. The maximum absolute atomic E-state index is 13.0. The van der Waals surface area contributed by atoms with Crippen LogP contribution in [0.3, 0.4) is 0 Å². The Labute approximate surface area is 189 Å². The Morgan fingerprint density at radius 2 is 1.59 bits per heavy atom. The fourth-order valence-electron chi connectivity index (χ4n) is 3.38. The van der Waals surface area contributed by atoms with E-state index in [4.69, 9.17) is 4.74 Å². The van der Waals surface area contributed by atoms with Gasteiger partial charge >= 0.3 is 0 Å². The molecule has 32 heavy (non-hydrogen) atoms. The highest BCUT2D eigenvalue weighted by Gasteiger charge is 2.22. The Balaban J connectivity index is 1.72. The van der Waals surface area contributed by atoms with E-state index in [1.54, 1.807) is 24.3 Å². The molecule has 0 aromatic heterocycles. The van der Waals surface area contributed by atoms with Crippen LogP contribution in [0.2, 0.25) is 0 Å². The average Bonchev–Trinajstić information content (AvgIpc) is 2.80. The van der Waals surface area contributed by atoms with Crippen molar-refractivity contribution in [2.24, 2.45) is 0 Å². The van der Waals surface area contributed by atoms with Crippen LogP contribution in [0.1, 0.15) is 53.4 Å². The zero-order valence-electron chi connectivity index (χ0n) is 19.0. The lowest BCUT2D eigenvalue weighted by Crippen LogP contribution is -2.34. The van der Waals surface area contributed by atoms with Crippen molar-refractivity contribution in [1.29, 1.82) is 0 Å². The average molecular weight is 431 g/mol. The second-order valence-corrected chi connectivity index (χ2v) is 7.90. The van der Waals surface area contributed by atoms with E-state index in [1.807, 2.05) is 76.2 Å². The Morgan fingerprint density at radius 3 is 2.28 bits per heavy atom. The van der Waals surface area contributed by atoms with Gasteiger partial charge in [-0.15, -0.1) is 0 Å². The minimum atomic E-state index is -0.670. The fraction of sp³-hybridized carbons (Fsp3) is 0.259. The van der Waals surface area contributed by atoms with E-state index in [2.05, 4.69) is 10.6 Å². The molecule has 0 aliphatic rings.